The highest BCUT2D eigenvalue weighted by atomic mass is 32.2. The molecule has 1 aromatic heterocycles. The van der Waals surface area contributed by atoms with Crippen molar-refractivity contribution in [2.45, 2.75) is 37.5 Å². The van der Waals surface area contributed by atoms with Crippen molar-refractivity contribution in [3.05, 3.63) is 24.0 Å². The number of aromatic nitrogens is 1. The molecule has 4 heteroatoms. The molecule has 1 N–H and O–H groups in total. The molecule has 17 heavy (non-hydrogen) atoms. The summed E-state index contributed by atoms with van der Waals surface area (Å²) in [5, 5.41) is 10.9. The van der Waals surface area contributed by atoms with Crippen molar-refractivity contribution in [1.29, 1.82) is 0 Å². The van der Waals surface area contributed by atoms with E-state index in [9.17, 15) is 5.11 Å². The van der Waals surface area contributed by atoms with E-state index in [-0.39, 0.29) is 5.25 Å². The van der Waals surface area contributed by atoms with Crippen molar-refractivity contribution in [3.8, 4) is 5.75 Å². The number of aliphatic hydroxyl groups is 1. The molecule has 1 aromatic rings. The maximum atomic E-state index is 10.7. The number of pyridine rings is 1. The maximum Gasteiger partial charge on any atom is 0.137 e. The highest BCUT2D eigenvalue weighted by molar-refractivity contribution is 8.00. The van der Waals surface area contributed by atoms with Crippen LogP contribution < -0.4 is 4.74 Å². The Bertz CT molecular complexity index is 385. The van der Waals surface area contributed by atoms with Gasteiger partial charge in [0.15, 0.2) is 0 Å². The predicted octanol–water partition coefficient (Wildman–Crippen LogP) is 2.58. The predicted molar refractivity (Wildman–Crippen MR) is 70.5 cm³/mol. The second-order valence-electron chi connectivity index (χ2n) is 4.45. The highest BCUT2D eigenvalue weighted by Crippen LogP contribution is 2.43. The second kappa shape index (κ2) is 5.27. The summed E-state index contributed by atoms with van der Waals surface area (Å²) in [5.74, 6) is 1.75. The molecule has 1 saturated heterocycles. The first kappa shape index (κ1) is 12.7. The van der Waals surface area contributed by atoms with Gasteiger partial charge in [0, 0.05) is 17.0 Å². The molecule has 3 nitrogen and oxygen atoms in total. The van der Waals surface area contributed by atoms with Crippen LogP contribution >= 0.6 is 11.8 Å². The summed E-state index contributed by atoms with van der Waals surface area (Å²) in [4.78, 5) is 4.17. The Labute approximate surface area is 107 Å². The van der Waals surface area contributed by atoms with Gasteiger partial charge in [-0.2, -0.15) is 11.8 Å². The number of hydrogen-bond acceptors (Lipinski definition) is 4. The zero-order valence-electron chi connectivity index (χ0n) is 10.3. The van der Waals surface area contributed by atoms with E-state index in [0.717, 1.165) is 29.9 Å². The molecule has 2 heterocycles. The van der Waals surface area contributed by atoms with Crippen molar-refractivity contribution in [2.75, 3.05) is 12.4 Å². The van der Waals surface area contributed by atoms with Crippen LogP contribution in [-0.2, 0) is 5.60 Å². The lowest BCUT2D eigenvalue weighted by Crippen LogP contribution is -2.31. The van der Waals surface area contributed by atoms with Crippen LogP contribution in [0, 0.1) is 0 Å². The first-order valence-electron chi connectivity index (χ1n) is 6.09. The van der Waals surface area contributed by atoms with Gasteiger partial charge in [0.05, 0.1) is 12.8 Å². The van der Waals surface area contributed by atoms with Crippen molar-refractivity contribution in [1.82, 2.24) is 4.98 Å². The number of nitrogens with zero attached hydrogens (tertiary/aromatic N) is 1. The summed E-state index contributed by atoms with van der Waals surface area (Å²) in [5.41, 5.74) is 0.132. The summed E-state index contributed by atoms with van der Waals surface area (Å²) in [7, 11) is 0. The summed E-state index contributed by atoms with van der Waals surface area (Å²) in [6.07, 6.45) is 5.22. The molecular formula is C13H19NO2S. The van der Waals surface area contributed by atoms with Crippen LogP contribution in [0.2, 0.25) is 0 Å². The van der Waals surface area contributed by atoms with E-state index in [1.807, 2.05) is 6.07 Å². The maximum absolute atomic E-state index is 10.7. The first-order chi connectivity index (χ1) is 8.16. The Balaban J connectivity index is 2.20. The van der Waals surface area contributed by atoms with E-state index in [2.05, 4.69) is 18.8 Å². The third-order valence-corrected chi connectivity index (χ3v) is 4.54. The smallest absolute Gasteiger partial charge is 0.137 e. The van der Waals surface area contributed by atoms with Crippen molar-refractivity contribution in [3.63, 3.8) is 0 Å². The third-order valence-electron chi connectivity index (χ3n) is 3.21. The molecule has 0 amide bonds. The van der Waals surface area contributed by atoms with E-state index in [1.54, 1.807) is 24.2 Å². The van der Waals surface area contributed by atoms with Crippen LogP contribution in [0.5, 0.6) is 5.75 Å². The Morgan fingerprint density at radius 2 is 2.41 bits per heavy atom. The first-order valence-corrected chi connectivity index (χ1v) is 7.14. The molecule has 0 bridgehead atoms. The zero-order valence-corrected chi connectivity index (χ0v) is 11.2. The zero-order chi connectivity index (χ0) is 12.3. The van der Waals surface area contributed by atoms with Gasteiger partial charge in [-0.3, -0.25) is 4.98 Å². The minimum atomic E-state index is -0.747. The number of thioether (sulfide) groups is 1. The Morgan fingerprint density at radius 3 is 3.06 bits per heavy atom. The van der Waals surface area contributed by atoms with Crippen molar-refractivity contribution < 1.29 is 9.84 Å². The van der Waals surface area contributed by atoms with Crippen molar-refractivity contribution >= 4 is 11.8 Å². The van der Waals surface area contributed by atoms with Crippen LogP contribution in [0.3, 0.4) is 0 Å². The van der Waals surface area contributed by atoms with E-state index >= 15 is 0 Å². The van der Waals surface area contributed by atoms with E-state index in [1.165, 1.54) is 0 Å². The summed E-state index contributed by atoms with van der Waals surface area (Å²) >= 11 is 1.80. The molecule has 0 radical (unpaired) electrons. The van der Waals surface area contributed by atoms with E-state index in [4.69, 9.17) is 4.74 Å². The summed E-state index contributed by atoms with van der Waals surface area (Å²) in [6, 6.07) is 1.92. The molecule has 1 aliphatic heterocycles. The summed E-state index contributed by atoms with van der Waals surface area (Å²) in [6.45, 7) is 4.83. The molecule has 2 unspecified atom stereocenters. The van der Waals surface area contributed by atoms with Gasteiger partial charge in [-0.15, -0.1) is 0 Å². The minimum Gasteiger partial charge on any atom is -0.492 e. The number of ether oxygens (including phenoxy) is 1. The van der Waals surface area contributed by atoms with E-state index < -0.39 is 5.60 Å². The SMILES string of the molecule is CCCOc1cncc(C2(O)CCSC2C)c1. The summed E-state index contributed by atoms with van der Waals surface area (Å²) < 4.78 is 5.56. The van der Waals surface area contributed by atoms with Gasteiger partial charge in [0.1, 0.15) is 11.4 Å². The van der Waals surface area contributed by atoms with Gasteiger partial charge >= 0.3 is 0 Å². The topological polar surface area (TPSA) is 42.4 Å². The van der Waals surface area contributed by atoms with E-state index in [0.29, 0.717) is 6.61 Å². The molecule has 94 valence electrons. The van der Waals surface area contributed by atoms with Gasteiger partial charge in [0.2, 0.25) is 0 Å². The monoisotopic (exact) mass is 253 g/mol. The Kier molecular flexibility index (Phi) is 3.94. The fourth-order valence-electron chi connectivity index (χ4n) is 2.07. The lowest BCUT2D eigenvalue weighted by atomic mass is 9.90. The van der Waals surface area contributed by atoms with Gasteiger partial charge < -0.3 is 9.84 Å². The lowest BCUT2D eigenvalue weighted by Gasteiger charge is -2.27. The van der Waals surface area contributed by atoms with Crippen LogP contribution in [0.25, 0.3) is 0 Å². The van der Waals surface area contributed by atoms with Crippen LogP contribution in [0.4, 0.5) is 0 Å². The molecule has 0 aromatic carbocycles. The van der Waals surface area contributed by atoms with Gasteiger partial charge in [0.25, 0.3) is 0 Å². The lowest BCUT2D eigenvalue weighted by molar-refractivity contribution is 0.0420. The van der Waals surface area contributed by atoms with Gasteiger partial charge in [-0.1, -0.05) is 13.8 Å². The average Bonchev–Trinajstić information content (AvgIpc) is 2.69. The molecule has 1 fully saturated rings. The molecular weight excluding hydrogens is 234 g/mol. The van der Waals surface area contributed by atoms with Crippen LogP contribution in [-0.4, -0.2) is 27.7 Å². The largest absolute Gasteiger partial charge is 0.492 e. The fourth-order valence-corrected chi connectivity index (χ4v) is 3.38. The average molecular weight is 253 g/mol. The normalized spacial score (nSPS) is 28.3. The molecule has 2 atom stereocenters. The van der Waals surface area contributed by atoms with Crippen LogP contribution in [0.1, 0.15) is 32.3 Å². The third kappa shape index (κ3) is 2.58. The second-order valence-corrected chi connectivity index (χ2v) is 5.89. The number of hydrogen-bond donors (Lipinski definition) is 1. The van der Waals surface area contributed by atoms with Gasteiger partial charge in [-0.05, 0) is 24.7 Å². The molecule has 0 aliphatic carbocycles. The van der Waals surface area contributed by atoms with Gasteiger partial charge in [-0.25, -0.2) is 0 Å². The van der Waals surface area contributed by atoms with Crippen LogP contribution in [0.15, 0.2) is 18.5 Å². The Hall–Kier alpha value is -0.740. The van der Waals surface area contributed by atoms with Crippen molar-refractivity contribution in [2.24, 2.45) is 0 Å². The standard InChI is InChI=1S/C13H19NO2S/c1-3-5-16-12-7-11(8-14-9-12)13(15)4-6-17-10(13)2/h7-10,15H,3-6H2,1-2H3. The Morgan fingerprint density at radius 1 is 1.59 bits per heavy atom. The molecule has 2 rings (SSSR count). The molecule has 0 saturated carbocycles. The molecule has 0 spiro atoms. The minimum absolute atomic E-state index is 0.214. The molecule has 1 aliphatic rings. The fraction of sp³-hybridized carbons (Fsp3) is 0.615. The highest BCUT2D eigenvalue weighted by Gasteiger charge is 2.40. The quantitative estimate of drug-likeness (QED) is 0.895. The number of rotatable bonds is 4.